The molecule has 0 spiro atoms. The van der Waals surface area contributed by atoms with Crippen molar-refractivity contribution in [1.82, 2.24) is 4.98 Å². The third-order valence-electron chi connectivity index (χ3n) is 2.89. The molecule has 0 amide bonds. The van der Waals surface area contributed by atoms with Gasteiger partial charge in [0.25, 0.3) is 4.84 Å². The van der Waals surface area contributed by atoms with Crippen LogP contribution in [0.4, 0.5) is 0 Å². The van der Waals surface area contributed by atoms with Gasteiger partial charge in [-0.15, -0.1) is 0 Å². The van der Waals surface area contributed by atoms with Crippen LogP contribution >= 0.6 is 44.1 Å². The highest BCUT2D eigenvalue weighted by Gasteiger charge is 2.12. The SMILES string of the molecule is S=c1[nH]c(-c2ccc(Br)cc2)c(-c2ccc(Br)cc2)o1. The predicted molar refractivity (Wildman–Crippen MR) is 90.2 cm³/mol. The number of hydrogen-bond donors (Lipinski definition) is 1. The average Bonchev–Trinajstić information content (AvgIpc) is 2.82. The second-order valence-corrected chi connectivity index (χ2v) is 6.43. The first-order chi connectivity index (χ1) is 9.63. The van der Waals surface area contributed by atoms with Gasteiger partial charge in [-0.2, -0.15) is 0 Å². The third kappa shape index (κ3) is 2.80. The third-order valence-corrected chi connectivity index (χ3v) is 4.13. The number of aromatic amines is 1. The van der Waals surface area contributed by atoms with E-state index in [0.717, 1.165) is 31.5 Å². The van der Waals surface area contributed by atoms with Crippen molar-refractivity contribution in [1.29, 1.82) is 0 Å². The molecular formula is C15H9Br2NOS. The zero-order chi connectivity index (χ0) is 14.1. The van der Waals surface area contributed by atoms with E-state index in [1.54, 1.807) is 0 Å². The van der Waals surface area contributed by atoms with Crippen molar-refractivity contribution in [2.45, 2.75) is 0 Å². The Balaban J connectivity index is 2.15. The van der Waals surface area contributed by atoms with Crippen LogP contribution in [0.25, 0.3) is 22.6 Å². The van der Waals surface area contributed by atoms with Crippen molar-refractivity contribution >= 4 is 44.1 Å². The highest BCUT2D eigenvalue weighted by molar-refractivity contribution is 9.10. The summed E-state index contributed by atoms with van der Waals surface area (Å²) >= 11 is 12.0. The molecule has 5 heteroatoms. The second-order valence-electron chi connectivity index (χ2n) is 4.23. The van der Waals surface area contributed by atoms with Crippen LogP contribution in [-0.4, -0.2) is 4.98 Å². The molecule has 1 N–H and O–H groups in total. The van der Waals surface area contributed by atoms with Gasteiger partial charge in [0.15, 0.2) is 5.76 Å². The minimum absolute atomic E-state index is 0.376. The molecule has 2 aromatic carbocycles. The Morgan fingerprint density at radius 3 is 1.85 bits per heavy atom. The lowest BCUT2D eigenvalue weighted by molar-refractivity contribution is 0.554. The normalized spacial score (nSPS) is 10.7. The van der Waals surface area contributed by atoms with Gasteiger partial charge in [0.2, 0.25) is 0 Å². The summed E-state index contributed by atoms with van der Waals surface area (Å²) < 4.78 is 7.72. The Hall–Kier alpha value is -1.17. The number of nitrogens with one attached hydrogen (secondary N) is 1. The van der Waals surface area contributed by atoms with E-state index in [2.05, 4.69) is 36.8 Å². The van der Waals surface area contributed by atoms with Crippen molar-refractivity contribution < 1.29 is 4.42 Å². The molecule has 0 aliphatic carbocycles. The first-order valence-electron chi connectivity index (χ1n) is 5.88. The van der Waals surface area contributed by atoms with Gasteiger partial charge >= 0.3 is 0 Å². The van der Waals surface area contributed by atoms with Crippen LogP contribution in [0.15, 0.2) is 61.9 Å². The fourth-order valence-electron chi connectivity index (χ4n) is 1.95. The number of aromatic nitrogens is 1. The van der Waals surface area contributed by atoms with Gasteiger partial charge < -0.3 is 9.40 Å². The summed E-state index contributed by atoms with van der Waals surface area (Å²) in [7, 11) is 0. The van der Waals surface area contributed by atoms with Crippen LogP contribution in [0.5, 0.6) is 0 Å². The lowest BCUT2D eigenvalue weighted by atomic mass is 10.1. The van der Waals surface area contributed by atoms with E-state index in [1.807, 2.05) is 48.5 Å². The Labute approximate surface area is 138 Å². The summed E-state index contributed by atoms with van der Waals surface area (Å²) in [6, 6.07) is 16.0. The van der Waals surface area contributed by atoms with Crippen molar-refractivity contribution in [2.24, 2.45) is 0 Å². The van der Waals surface area contributed by atoms with E-state index in [-0.39, 0.29) is 0 Å². The van der Waals surface area contributed by atoms with Crippen LogP contribution in [0.1, 0.15) is 0 Å². The van der Waals surface area contributed by atoms with Crippen molar-refractivity contribution in [3.05, 3.63) is 62.3 Å². The van der Waals surface area contributed by atoms with Gasteiger partial charge in [-0.25, -0.2) is 0 Å². The molecule has 0 radical (unpaired) electrons. The lowest BCUT2D eigenvalue weighted by Crippen LogP contribution is -1.82. The molecule has 0 saturated carbocycles. The quantitative estimate of drug-likeness (QED) is 0.509. The zero-order valence-electron chi connectivity index (χ0n) is 10.2. The predicted octanol–water partition coefficient (Wildman–Crippen LogP) is 6.20. The Bertz CT molecular complexity index is 722. The maximum absolute atomic E-state index is 5.66. The van der Waals surface area contributed by atoms with E-state index in [1.165, 1.54) is 0 Å². The molecule has 3 rings (SSSR count). The molecule has 0 atom stereocenters. The minimum atomic E-state index is 0.376. The maximum atomic E-state index is 5.66. The van der Waals surface area contributed by atoms with Crippen LogP contribution in [0.3, 0.4) is 0 Å². The zero-order valence-corrected chi connectivity index (χ0v) is 14.2. The first-order valence-corrected chi connectivity index (χ1v) is 7.88. The van der Waals surface area contributed by atoms with Gasteiger partial charge in [-0.3, -0.25) is 0 Å². The molecule has 3 aromatic rings. The summed E-state index contributed by atoms with van der Waals surface area (Å²) in [4.78, 5) is 3.49. The van der Waals surface area contributed by atoms with Crippen LogP contribution < -0.4 is 0 Å². The van der Waals surface area contributed by atoms with Crippen molar-refractivity contribution in [2.75, 3.05) is 0 Å². The fourth-order valence-corrected chi connectivity index (χ4v) is 2.67. The van der Waals surface area contributed by atoms with Crippen LogP contribution in [0, 0.1) is 4.84 Å². The van der Waals surface area contributed by atoms with E-state index < -0.39 is 0 Å². The largest absolute Gasteiger partial charge is 0.429 e. The number of hydrogen-bond acceptors (Lipinski definition) is 2. The summed E-state index contributed by atoms with van der Waals surface area (Å²) in [5.41, 5.74) is 2.91. The molecule has 1 heterocycles. The molecule has 0 bridgehead atoms. The van der Waals surface area contributed by atoms with E-state index in [4.69, 9.17) is 16.6 Å². The smallest absolute Gasteiger partial charge is 0.266 e. The lowest BCUT2D eigenvalue weighted by Gasteiger charge is -2.03. The number of benzene rings is 2. The molecule has 0 saturated heterocycles. The van der Waals surface area contributed by atoms with E-state index >= 15 is 0 Å². The Morgan fingerprint density at radius 2 is 1.30 bits per heavy atom. The topological polar surface area (TPSA) is 28.9 Å². The number of rotatable bonds is 2. The monoisotopic (exact) mass is 409 g/mol. The second kappa shape index (κ2) is 5.68. The molecule has 0 fully saturated rings. The number of oxazole rings is 1. The maximum Gasteiger partial charge on any atom is 0.266 e. The molecule has 1 aromatic heterocycles. The van der Waals surface area contributed by atoms with Crippen molar-refractivity contribution in [3.63, 3.8) is 0 Å². The highest BCUT2D eigenvalue weighted by Crippen LogP contribution is 2.32. The molecule has 0 aliphatic rings. The van der Waals surface area contributed by atoms with Crippen LogP contribution in [0.2, 0.25) is 0 Å². The molecule has 0 aliphatic heterocycles. The van der Waals surface area contributed by atoms with Gasteiger partial charge in [0.05, 0.1) is 5.69 Å². The van der Waals surface area contributed by atoms with Crippen LogP contribution in [-0.2, 0) is 0 Å². The Morgan fingerprint density at radius 1 is 0.800 bits per heavy atom. The number of halogens is 2. The summed E-state index contributed by atoms with van der Waals surface area (Å²) in [6.45, 7) is 0. The standard InChI is InChI=1S/C15H9Br2NOS/c16-11-5-1-9(2-6-11)13-14(19-15(20)18-13)10-3-7-12(17)8-4-10/h1-8H,(H,18,20). The summed E-state index contributed by atoms with van der Waals surface area (Å²) in [6.07, 6.45) is 0. The number of H-pyrrole nitrogens is 1. The minimum Gasteiger partial charge on any atom is -0.429 e. The summed E-state index contributed by atoms with van der Waals surface area (Å²) in [5.74, 6) is 0.754. The molecular weight excluding hydrogens is 402 g/mol. The fraction of sp³-hybridized carbons (Fsp3) is 0. The molecule has 2 nitrogen and oxygen atoms in total. The van der Waals surface area contributed by atoms with Crippen molar-refractivity contribution in [3.8, 4) is 22.6 Å². The first kappa shape index (κ1) is 13.8. The van der Waals surface area contributed by atoms with E-state index in [9.17, 15) is 0 Å². The van der Waals surface area contributed by atoms with Gasteiger partial charge in [-0.05, 0) is 36.5 Å². The average molecular weight is 411 g/mol. The molecule has 20 heavy (non-hydrogen) atoms. The van der Waals surface area contributed by atoms with Gasteiger partial charge in [-0.1, -0.05) is 56.1 Å². The summed E-state index contributed by atoms with van der Waals surface area (Å²) in [5, 5.41) is 0. The molecule has 100 valence electrons. The van der Waals surface area contributed by atoms with Gasteiger partial charge in [0, 0.05) is 20.1 Å². The highest BCUT2D eigenvalue weighted by atomic mass is 79.9. The molecule has 0 unspecified atom stereocenters. The Kier molecular flexibility index (Phi) is 3.92. The van der Waals surface area contributed by atoms with Gasteiger partial charge in [0.1, 0.15) is 0 Å². The van der Waals surface area contributed by atoms with E-state index in [0.29, 0.717) is 4.84 Å².